The third-order valence-electron chi connectivity index (χ3n) is 3.61. The molecule has 0 atom stereocenters. The Hall–Kier alpha value is -2.89. The van der Waals surface area contributed by atoms with E-state index in [1.807, 2.05) is 38.2 Å². The molecule has 0 unspecified atom stereocenters. The Bertz CT molecular complexity index is 853. The Morgan fingerprint density at radius 3 is 2.83 bits per heavy atom. The predicted octanol–water partition coefficient (Wildman–Crippen LogP) is 2.86. The third-order valence-corrected chi connectivity index (χ3v) is 3.61. The molecule has 0 spiro atoms. The molecule has 6 heteroatoms. The molecule has 0 saturated carbocycles. The van der Waals surface area contributed by atoms with Crippen LogP contribution in [-0.4, -0.2) is 27.4 Å². The van der Waals surface area contributed by atoms with Gasteiger partial charge in [0.15, 0.2) is 11.4 Å². The molecular formula is C17H18N4O2. The van der Waals surface area contributed by atoms with Crippen LogP contribution >= 0.6 is 0 Å². The molecule has 0 aliphatic heterocycles. The second-order valence-electron chi connectivity index (χ2n) is 5.21. The summed E-state index contributed by atoms with van der Waals surface area (Å²) in [5.41, 5.74) is 2.90. The number of imidazole rings is 1. The van der Waals surface area contributed by atoms with Crippen molar-refractivity contribution in [2.45, 2.75) is 20.3 Å². The quantitative estimate of drug-likeness (QED) is 0.804. The third kappa shape index (κ3) is 2.75. The second-order valence-corrected chi connectivity index (χ2v) is 5.21. The molecule has 118 valence electrons. The van der Waals surface area contributed by atoms with Crippen LogP contribution in [0.15, 0.2) is 36.7 Å². The fourth-order valence-electron chi connectivity index (χ4n) is 2.45. The van der Waals surface area contributed by atoms with Crippen molar-refractivity contribution in [3.8, 4) is 5.75 Å². The average Bonchev–Trinajstić information content (AvgIpc) is 2.95. The number of hydrogen-bond acceptors (Lipinski definition) is 4. The number of carbonyl (C=O) groups excluding carboxylic acids is 1. The Morgan fingerprint density at radius 2 is 2.17 bits per heavy atom. The van der Waals surface area contributed by atoms with Gasteiger partial charge in [0.2, 0.25) is 0 Å². The molecule has 3 rings (SSSR count). The number of anilines is 1. The van der Waals surface area contributed by atoms with E-state index in [2.05, 4.69) is 15.3 Å². The SMILES string of the molecule is CCc1nc2c(OC)cccn2c1C(=O)Nc1ccc(C)cn1. The van der Waals surface area contributed by atoms with Gasteiger partial charge in [0.25, 0.3) is 5.91 Å². The number of aromatic nitrogens is 3. The first-order valence-electron chi connectivity index (χ1n) is 7.42. The predicted molar refractivity (Wildman–Crippen MR) is 88.0 cm³/mol. The number of rotatable bonds is 4. The van der Waals surface area contributed by atoms with Crippen LogP contribution in [0.25, 0.3) is 5.65 Å². The Morgan fingerprint density at radius 1 is 1.35 bits per heavy atom. The first-order chi connectivity index (χ1) is 11.1. The van der Waals surface area contributed by atoms with Gasteiger partial charge >= 0.3 is 0 Å². The van der Waals surface area contributed by atoms with E-state index >= 15 is 0 Å². The normalized spacial score (nSPS) is 10.7. The molecule has 3 aromatic rings. The van der Waals surface area contributed by atoms with Crippen molar-refractivity contribution in [3.63, 3.8) is 0 Å². The molecule has 3 heterocycles. The number of amides is 1. The fourth-order valence-corrected chi connectivity index (χ4v) is 2.45. The molecule has 0 aliphatic rings. The summed E-state index contributed by atoms with van der Waals surface area (Å²) in [6, 6.07) is 7.34. The van der Waals surface area contributed by atoms with Crippen LogP contribution in [0.2, 0.25) is 0 Å². The van der Waals surface area contributed by atoms with Gasteiger partial charge in [-0.1, -0.05) is 13.0 Å². The van der Waals surface area contributed by atoms with Gasteiger partial charge in [-0.2, -0.15) is 0 Å². The number of aryl methyl sites for hydroxylation is 2. The van der Waals surface area contributed by atoms with Crippen LogP contribution in [0.5, 0.6) is 5.75 Å². The van der Waals surface area contributed by atoms with Crippen molar-refractivity contribution in [1.82, 2.24) is 14.4 Å². The average molecular weight is 310 g/mol. The number of methoxy groups -OCH3 is 1. The zero-order valence-corrected chi connectivity index (χ0v) is 13.3. The second kappa shape index (κ2) is 6.08. The van der Waals surface area contributed by atoms with Crippen molar-refractivity contribution in [3.05, 3.63) is 53.6 Å². The van der Waals surface area contributed by atoms with Crippen molar-refractivity contribution in [2.75, 3.05) is 12.4 Å². The van der Waals surface area contributed by atoms with Crippen molar-refractivity contribution >= 4 is 17.4 Å². The van der Waals surface area contributed by atoms with E-state index in [4.69, 9.17) is 4.74 Å². The highest BCUT2D eigenvalue weighted by atomic mass is 16.5. The van der Waals surface area contributed by atoms with E-state index < -0.39 is 0 Å². The summed E-state index contributed by atoms with van der Waals surface area (Å²) in [6.45, 7) is 3.92. The first kappa shape index (κ1) is 15.0. The van der Waals surface area contributed by atoms with Crippen LogP contribution in [0.4, 0.5) is 5.82 Å². The molecule has 3 aromatic heterocycles. The number of ether oxygens (including phenoxy) is 1. The molecule has 0 bridgehead atoms. The molecule has 0 radical (unpaired) electrons. The summed E-state index contributed by atoms with van der Waals surface area (Å²) in [7, 11) is 1.59. The number of pyridine rings is 2. The Labute approximate surface area is 134 Å². The van der Waals surface area contributed by atoms with Gasteiger partial charge in [-0.25, -0.2) is 9.97 Å². The van der Waals surface area contributed by atoms with Crippen LogP contribution < -0.4 is 10.1 Å². The zero-order chi connectivity index (χ0) is 16.4. The van der Waals surface area contributed by atoms with Crippen molar-refractivity contribution in [1.29, 1.82) is 0 Å². The zero-order valence-electron chi connectivity index (χ0n) is 13.3. The fraction of sp³-hybridized carbons (Fsp3) is 0.235. The van der Waals surface area contributed by atoms with Gasteiger partial charge < -0.3 is 10.1 Å². The molecule has 0 aliphatic carbocycles. The number of fused-ring (bicyclic) bond motifs is 1. The maximum absolute atomic E-state index is 12.7. The van der Waals surface area contributed by atoms with Gasteiger partial charge in [-0.3, -0.25) is 9.20 Å². The van der Waals surface area contributed by atoms with E-state index in [0.29, 0.717) is 29.3 Å². The summed E-state index contributed by atoms with van der Waals surface area (Å²) < 4.78 is 7.08. The summed E-state index contributed by atoms with van der Waals surface area (Å²) >= 11 is 0. The molecule has 0 saturated heterocycles. The molecule has 6 nitrogen and oxygen atoms in total. The molecule has 0 aromatic carbocycles. The lowest BCUT2D eigenvalue weighted by atomic mass is 10.2. The molecule has 1 amide bonds. The van der Waals surface area contributed by atoms with Crippen LogP contribution in [0.1, 0.15) is 28.7 Å². The number of hydrogen-bond donors (Lipinski definition) is 1. The number of carbonyl (C=O) groups is 1. The van der Waals surface area contributed by atoms with E-state index in [-0.39, 0.29) is 5.91 Å². The first-order valence-corrected chi connectivity index (χ1v) is 7.42. The largest absolute Gasteiger partial charge is 0.493 e. The van der Waals surface area contributed by atoms with Crippen molar-refractivity contribution < 1.29 is 9.53 Å². The van der Waals surface area contributed by atoms with Crippen LogP contribution in [0.3, 0.4) is 0 Å². The molecule has 23 heavy (non-hydrogen) atoms. The summed E-state index contributed by atoms with van der Waals surface area (Å²) in [5, 5.41) is 2.82. The Kier molecular flexibility index (Phi) is 3.97. The van der Waals surface area contributed by atoms with E-state index in [1.165, 1.54) is 0 Å². The standard InChI is InChI=1S/C17H18N4O2/c1-4-12-15(17(22)20-14-8-7-11(2)10-18-14)21-9-5-6-13(23-3)16(21)19-12/h5-10H,4H2,1-3H3,(H,18,20,22). The summed E-state index contributed by atoms with van der Waals surface area (Å²) in [4.78, 5) is 21.4. The van der Waals surface area contributed by atoms with Gasteiger partial charge in [-0.15, -0.1) is 0 Å². The minimum absolute atomic E-state index is 0.237. The van der Waals surface area contributed by atoms with Crippen molar-refractivity contribution in [2.24, 2.45) is 0 Å². The van der Waals surface area contributed by atoms with E-state index in [9.17, 15) is 4.79 Å². The number of nitrogens with one attached hydrogen (secondary N) is 1. The molecule has 1 N–H and O–H groups in total. The van der Waals surface area contributed by atoms with Gasteiger partial charge in [0, 0.05) is 12.4 Å². The molecular weight excluding hydrogens is 292 g/mol. The van der Waals surface area contributed by atoms with E-state index in [0.717, 1.165) is 11.3 Å². The smallest absolute Gasteiger partial charge is 0.275 e. The maximum atomic E-state index is 12.7. The highest BCUT2D eigenvalue weighted by molar-refractivity contribution is 6.04. The minimum atomic E-state index is -0.237. The summed E-state index contributed by atoms with van der Waals surface area (Å²) in [5.74, 6) is 0.911. The maximum Gasteiger partial charge on any atom is 0.275 e. The lowest BCUT2D eigenvalue weighted by Crippen LogP contribution is -2.17. The monoisotopic (exact) mass is 310 g/mol. The lowest BCUT2D eigenvalue weighted by molar-refractivity contribution is 0.102. The Balaban J connectivity index is 2.04. The van der Waals surface area contributed by atoms with Crippen LogP contribution in [0, 0.1) is 6.92 Å². The highest BCUT2D eigenvalue weighted by Crippen LogP contribution is 2.23. The summed E-state index contributed by atoms with van der Waals surface area (Å²) in [6.07, 6.45) is 4.17. The highest BCUT2D eigenvalue weighted by Gasteiger charge is 2.20. The van der Waals surface area contributed by atoms with E-state index in [1.54, 1.807) is 23.8 Å². The number of nitrogens with zero attached hydrogens (tertiary/aromatic N) is 3. The lowest BCUT2D eigenvalue weighted by Gasteiger charge is -2.07. The minimum Gasteiger partial charge on any atom is -0.493 e. The van der Waals surface area contributed by atoms with Crippen LogP contribution in [-0.2, 0) is 6.42 Å². The molecule has 0 fully saturated rings. The van der Waals surface area contributed by atoms with Gasteiger partial charge in [-0.05, 0) is 37.1 Å². The van der Waals surface area contributed by atoms with Gasteiger partial charge in [0.05, 0.1) is 12.8 Å². The van der Waals surface area contributed by atoms with Gasteiger partial charge in [0.1, 0.15) is 11.5 Å². The topological polar surface area (TPSA) is 68.5 Å².